The monoisotopic (exact) mass is 242 g/mol. The van der Waals surface area contributed by atoms with E-state index in [9.17, 15) is 0 Å². The Morgan fingerprint density at radius 2 is 2.06 bits per heavy atom. The molecule has 1 aliphatic carbocycles. The lowest BCUT2D eigenvalue weighted by Crippen LogP contribution is -2.60. The Hall–Kier alpha value is -0.120. The van der Waals surface area contributed by atoms with E-state index in [0.717, 1.165) is 26.1 Å². The molecule has 2 unspecified atom stereocenters. The molecular formula is C14H30N2O. The second-order valence-electron chi connectivity index (χ2n) is 5.98. The van der Waals surface area contributed by atoms with Crippen LogP contribution in [0.1, 0.15) is 47.0 Å². The molecule has 0 spiro atoms. The lowest BCUT2D eigenvalue weighted by atomic mass is 9.81. The fourth-order valence-electron chi connectivity index (χ4n) is 2.80. The van der Waals surface area contributed by atoms with Crippen molar-refractivity contribution in [2.24, 2.45) is 11.1 Å². The van der Waals surface area contributed by atoms with Crippen molar-refractivity contribution in [1.82, 2.24) is 4.90 Å². The maximum absolute atomic E-state index is 6.12. The van der Waals surface area contributed by atoms with Crippen LogP contribution in [-0.2, 0) is 4.74 Å². The predicted molar refractivity (Wildman–Crippen MR) is 73.1 cm³/mol. The van der Waals surface area contributed by atoms with Crippen molar-refractivity contribution in [2.75, 3.05) is 26.8 Å². The maximum Gasteiger partial charge on any atom is 0.0590 e. The van der Waals surface area contributed by atoms with Gasteiger partial charge >= 0.3 is 0 Å². The summed E-state index contributed by atoms with van der Waals surface area (Å²) in [6.07, 6.45) is 3.77. The smallest absolute Gasteiger partial charge is 0.0590 e. The zero-order valence-corrected chi connectivity index (χ0v) is 12.3. The summed E-state index contributed by atoms with van der Waals surface area (Å²) in [5.74, 6) is 0. The quantitative estimate of drug-likeness (QED) is 0.709. The SMILES string of the molecule is CCC(C)N(CCOC)C(C)(CN)C1(C)CC1. The Labute approximate surface area is 107 Å². The van der Waals surface area contributed by atoms with E-state index in [2.05, 4.69) is 32.6 Å². The zero-order valence-electron chi connectivity index (χ0n) is 12.3. The van der Waals surface area contributed by atoms with Crippen LogP contribution < -0.4 is 5.73 Å². The number of rotatable bonds is 8. The standard InChI is InChI=1S/C14H30N2O/c1-6-12(2)16(9-10-17-5)14(4,11-15)13(3)7-8-13/h12H,6-11,15H2,1-5H3. The molecule has 1 fully saturated rings. The number of methoxy groups -OCH3 is 1. The molecule has 17 heavy (non-hydrogen) atoms. The molecule has 0 radical (unpaired) electrons. The van der Waals surface area contributed by atoms with Gasteiger partial charge in [-0.1, -0.05) is 13.8 Å². The van der Waals surface area contributed by atoms with Crippen molar-refractivity contribution >= 4 is 0 Å². The van der Waals surface area contributed by atoms with Gasteiger partial charge in [0.1, 0.15) is 0 Å². The molecule has 0 aromatic heterocycles. The molecule has 3 heteroatoms. The van der Waals surface area contributed by atoms with Gasteiger partial charge in [-0.25, -0.2) is 0 Å². The maximum atomic E-state index is 6.12. The average molecular weight is 242 g/mol. The molecule has 102 valence electrons. The number of ether oxygens (including phenoxy) is 1. The van der Waals surface area contributed by atoms with Gasteiger partial charge in [0.2, 0.25) is 0 Å². The molecule has 3 nitrogen and oxygen atoms in total. The van der Waals surface area contributed by atoms with Crippen LogP contribution in [0.2, 0.25) is 0 Å². The second kappa shape index (κ2) is 5.68. The highest BCUT2D eigenvalue weighted by molar-refractivity contribution is 5.10. The largest absolute Gasteiger partial charge is 0.383 e. The van der Waals surface area contributed by atoms with E-state index < -0.39 is 0 Å². The highest BCUT2D eigenvalue weighted by Crippen LogP contribution is 2.56. The predicted octanol–water partition coefficient (Wildman–Crippen LogP) is 2.25. The van der Waals surface area contributed by atoms with E-state index in [-0.39, 0.29) is 5.54 Å². The van der Waals surface area contributed by atoms with Crippen LogP contribution in [0.15, 0.2) is 0 Å². The average Bonchev–Trinajstić information content (AvgIpc) is 3.08. The van der Waals surface area contributed by atoms with Crippen molar-refractivity contribution in [3.8, 4) is 0 Å². The minimum atomic E-state index is 0.112. The van der Waals surface area contributed by atoms with Crippen LogP contribution in [0.4, 0.5) is 0 Å². The summed E-state index contributed by atoms with van der Waals surface area (Å²) in [6, 6.07) is 0.566. The molecule has 0 bridgehead atoms. The topological polar surface area (TPSA) is 38.5 Å². The molecule has 0 saturated heterocycles. The summed E-state index contributed by atoms with van der Waals surface area (Å²) in [5, 5.41) is 0. The van der Waals surface area contributed by atoms with Crippen molar-refractivity contribution in [2.45, 2.75) is 58.5 Å². The molecule has 0 aromatic rings. The van der Waals surface area contributed by atoms with Gasteiger partial charge in [-0.15, -0.1) is 0 Å². The molecule has 2 atom stereocenters. The minimum absolute atomic E-state index is 0.112. The fourth-order valence-corrected chi connectivity index (χ4v) is 2.80. The van der Waals surface area contributed by atoms with Crippen LogP contribution in [0, 0.1) is 5.41 Å². The second-order valence-corrected chi connectivity index (χ2v) is 5.98. The lowest BCUT2D eigenvalue weighted by molar-refractivity contribution is -0.00382. The van der Waals surface area contributed by atoms with Crippen molar-refractivity contribution in [3.05, 3.63) is 0 Å². The van der Waals surface area contributed by atoms with Crippen LogP contribution in [0.5, 0.6) is 0 Å². The highest BCUT2D eigenvalue weighted by Gasteiger charge is 2.55. The molecule has 0 aromatic carbocycles. The number of hydrogen-bond acceptors (Lipinski definition) is 3. The molecule has 2 N–H and O–H groups in total. The van der Waals surface area contributed by atoms with Gasteiger partial charge in [0.05, 0.1) is 6.61 Å². The van der Waals surface area contributed by atoms with Gasteiger partial charge < -0.3 is 10.5 Å². The first-order valence-corrected chi connectivity index (χ1v) is 6.91. The van der Waals surface area contributed by atoms with Crippen molar-refractivity contribution < 1.29 is 4.74 Å². The Kier molecular flexibility index (Phi) is 4.99. The van der Waals surface area contributed by atoms with Gasteiger partial charge in [0, 0.05) is 31.8 Å². The molecular weight excluding hydrogens is 212 g/mol. The molecule has 1 saturated carbocycles. The zero-order chi connectivity index (χ0) is 13.1. The van der Waals surface area contributed by atoms with E-state index >= 15 is 0 Å². The molecule has 1 rings (SSSR count). The van der Waals surface area contributed by atoms with Crippen molar-refractivity contribution in [3.63, 3.8) is 0 Å². The Morgan fingerprint density at radius 1 is 1.47 bits per heavy atom. The van der Waals surface area contributed by atoms with Crippen molar-refractivity contribution in [1.29, 1.82) is 0 Å². The Bertz CT molecular complexity index is 240. The summed E-state index contributed by atoms with van der Waals surface area (Å²) in [6.45, 7) is 11.8. The van der Waals surface area contributed by atoms with E-state index in [4.69, 9.17) is 10.5 Å². The van der Waals surface area contributed by atoms with E-state index in [0.29, 0.717) is 11.5 Å². The van der Waals surface area contributed by atoms with E-state index in [1.54, 1.807) is 7.11 Å². The molecule has 1 aliphatic rings. The van der Waals surface area contributed by atoms with Gasteiger partial charge in [-0.05, 0) is 38.5 Å². The normalized spacial score (nSPS) is 23.5. The third-order valence-corrected chi connectivity index (χ3v) is 4.99. The first-order valence-electron chi connectivity index (χ1n) is 6.91. The van der Waals surface area contributed by atoms with Gasteiger partial charge in [-0.2, -0.15) is 0 Å². The fraction of sp³-hybridized carbons (Fsp3) is 1.00. The number of nitrogens with two attached hydrogens (primary N) is 1. The summed E-state index contributed by atoms with van der Waals surface area (Å²) >= 11 is 0. The summed E-state index contributed by atoms with van der Waals surface area (Å²) in [5.41, 5.74) is 6.63. The van der Waals surface area contributed by atoms with E-state index in [1.807, 2.05) is 0 Å². The molecule has 0 heterocycles. The number of hydrogen-bond donors (Lipinski definition) is 1. The molecule has 0 amide bonds. The molecule has 0 aliphatic heterocycles. The van der Waals surface area contributed by atoms with Gasteiger partial charge in [0.15, 0.2) is 0 Å². The van der Waals surface area contributed by atoms with Crippen LogP contribution >= 0.6 is 0 Å². The lowest BCUT2D eigenvalue weighted by Gasteiger charge is -2.48. The first-order chi connectivity index (χ1) is 7.95. The summed E-state index contributed by atoms with van der Waals surface area (Å²) in [4.78, 5) is 2.57. The summed E-state index contributed by atoms with van der Waals surface area (Å²) < 4.78 is 5.26. The first kappa shape index (κ1) is 14.9. The van der Waals surface area contributed by atoms with E-state index in [1.165, 1.54) is 12.8 Å². The van der Waals surface area contributed by atoms with Crippen LogP contribution in [-0.4, -0.2) is 43.3 Å². The summed E-state index contributed by atoms with van der Waals surface area (Å²) in [7, 11) is 1.77. The Balaban J connectivity index is 2.85. The van der Waals surface area contributed by atoms with Crippen LogP contribution in [0.3, 0.4) is 0 Å². The van der Waals surface area contributed by atoms with Crippen LogP contribution in [0.25, 0.3) is 0 Å². The number of nitrogens with zero attached hydrogens (tertiary/aromatic N) is 1. The Morgan fingerprint density at radius 3 is 2.41 bits per heavy atom. The third-order valence-electron chi connectivity index (χ3n) is 4.99. The third kappa shape index (κ3) is 2.83. The highest BCUT2D eigenvalue weighted by atomic mass is 16.5. The van der Waals surface area contributed by atoms with Gasteiger partial charge in [0.25, 0.3) is 0 Å². The van der Waals surface area contributed by atoms with Gasteiger partial charge in [-0.3, -0.25) is 4.90 Å². The minimum Gasteiger partial charge on any atom is -0.383 e.